The second kappa shape index (κ2) is 8.38. The first-order chi connectivity index (χ1) is 13.8. The van der Waals surface area contributed by atoms with Gasteiger partial charge in [-0.2, -0.15) is 26.3 Å². The molecule has 4 nitrogen and oxygen atoms in total. The van der Waals surface area contributed by atoms with E-state index in [0.717, 1.165) is 18.2 Å². The van der Waals surface area contributed by atoms with E-state index < -0.39 is 62.0 Å². The molecule has 0 unspecified atom stereocenters. The van der Waals surface area contributed by atoms with Gasteiger partial charge < -0.3 is 10.5 Å². The van der Waals surface area contributed by atoms with E-state index in [0.29, 0.717) is 24.9 Å². The number of thioether (sulfide) groups is 1. The van der Waals surface area contributed by atoms with Crippen LogP contribution in [0.3, 0.4) is 0 Å². The normalized spacial score (nSPS) is 12.0. The summed E-state index contributed by atoms with van der Waals surface area (Å²) in [6, 6.07) is 3.74. The molecule has 0 saturated heterocycles. The van der Waals surface area contributed by atoms with Crippen molar-refractivity contribution in [3.63, 3.8) is 0 Å². The maximum absolute atomic E-state index is 13.8. The lowest BCUT2D eigenvalue weighted by atomic mass is 9.93. The van der Waals surface area contributed by atoms with Crippen LogP contribution in [0.15, 0.2) is 29.2 Å². The molecule has 0 spiro atoms. The fourth-order valence-corrected chi connectivity index (χ4v) is 3.69. The summed E-state index contributed by atoms with van der Waals surface area (Å²) in [6.07, 6.45) is -9.35. The van der Waals surface area contributed by atoms with Crippen LogP contribution in [0.4, 0.5) is 26.3 Å². The molecule has 0 radical (unpaired) electrons. The number of ether oxygens (including phenoxy) is 1. The Labute approximate surface area is 175 Å². The van der Waals surface area contributed by atoms with E-state index in [1.807, 2.05) is 0 Å². The minimum atomic E-state index is -5.38. The van der Waals surface area contributed by atoms with E-state index in [9.17, 15) is 35.9 Å². The molecule has 30 heavy (non-hydrogen) atoms. The van der Waals surface area contributed by atoms with Crippen molar-refractivity contribution < 1.29 is 40.7 Å². The molecule has 0 saturated carbocycles. The van der Waals surface area contributed by atoms with Crippen LogP contribution in [0, 0.1) is 0 Å². The third-order valence-electron chi connectivity index (χ3n) is 3.99. The van der Waals surface area contributed by atoms with Crippen LogP contribution in [0.1, 0.15) is 37.4 Å². The van der Waals surface area contributed by atoms with Gasteiger partial charge in [-0.3, -0.25) is 9.59 Å². The number of halogens is 7. The van der Waals surface area contributed by atoms with Gasteiger partial charge in [-0.1, -0.05) is 17.7 Å². The van der Waals surface area contributed by atoms with Crippen molar-refractivity contribution >= 4 is 35.1 Å². The topological polar surface area (TPSA) is 69.4 Å². The van der Waals surface area contributed by atoms with Gasteiger partial charge in [0, 0.05) is 10.5 Å². The fraction of sp³-hybridized carbons (Fsp3) is 0.222. The number of carbonyl (C=O) groups excluding carboxylic acids is 2. The van der Waals surface area contributed by atoms with Crippen molar-refractivity contribution in [1.82, 2.24) is 0 Å². The van der Waals surface area contributed by atoms with Crippen molar-refractivity contribution in [2.24, 2.45) is 5.73 Å². The third kappa shape index (κ3) is 4.36. The molecule has 0 bridgehead atoms. The Kier molecular flexibility index (Phi) is 6.67. The molecule has 2 aromatic carbocycles. The van der Waals surface area contributed by atoms with Crippen LogP contribution in [0.2, 0.25) is 5.02 Å². The van der Waals surface area contributed by atoms with E-state index in [4.69, 9.17) is 17.3 Å². The number of hydrogen-bond acceptors (Lipinski definition) is 4. The molecular formula is C18H12ClF6NO3S. The lowest BCUT2D eigenvalue weighted by Crippen LogP contribution is -2.21. The number of alkyl halides is 6. The van der Waals surface area contributed by atoms with Crippen molar-refractivity contribution in [2.45, 2.75) is 17.2 Å². The van der Waals surface area contributed by atoms with Crippen molar-refractivity contribution in [2.75, 3.05) is 13.4 Å². The molecule has 0 aliphatic heterocycles. The van der Waals surface area contributed by atoms with E-state index in [-0.39, 0.29) is 5.56 Å². The van der Waals surface area contributed by atoms with Crippen molar-refractivity contribution in [1.29, 1.82) is 0 Å². The number of carbonyl (C=O) groups is 2. The number of hydrogen-bond donors (Lipinski definition) is 1. The summed E-state index contributed by atoms with van der Waals surface area (Å²) in [5.74, 6) is -3.93. The molecule has 0 heterocycles. The molecule has 0 aromatic heterocycles. The van der Waals surface area contributed by atoms with Gasteiger partial charge >= 0.3 is 12.4 Å². The summed E-state index contributed by atoms with van der Waals surface area (Å²) < 4.78 is 86.1. The van der Waals surface area contributed by atoms with Crippen LogP contribution in [0.5, 0.6) is 5.75 Å². The largest absolute Gasteiger partial charge is 0.495 e. The zero-order valence-electron chi connectivity index (χ0n) is 15.2. The zero-order valence-corrected chi connectivity index (χ0v) is 16.7. The van der Waals surface area contributed by atoms with Gasteiger partial charge in [-0.25, -0.2) is 0 Å². The molecule has 12 heteroatoms. The Morgan fingerprint density at radius 3 is 2.07 bits per heavy atom. The molecule has 0 aliphatic carbocycles. The Hall–Kier alpha value is -2.40. The van der Waals surface area contributed by atoms with Gasteiger partial charge in [0.2, 0.25) is 5.91 Å². The maximum atomic E-state index is 13.8. The van der Waals surface area contributed by atoms with E-state index in [1.165, 1.54) is 6.26 Å². The van der Waals surface area contributed by atoms with Gasteiger partial charge in [-0.05, 0) is 24.5 Å². The second-order valence-electron chi connectivity index (χ2n) is 5.77. The number of methoxy groups -OCH3 is 1. The molecule has 1 amide bonds. The highest BCUT2D eigenvalue weighted by molar-refractivity contribution is 7.98. The second-order valence-corrected chi connectivity index (χ2v) is 6.99. The lowest BCUT2D eigenvalue weighted by molar-refractivity contribution is -0.145. The number of nitrogens with two attached hydrogens (primary N) is 1. The van der Waals surface area contributed by atoms with Crippen LogP contribution >= 0.6 is 23.4 Å². The monoisotopic (exact) mass is 471 g/mol. The summed E-state index contributed by atoms with van der Waals surface area (Å²) in [7, 11) is 0.632. The number of rotatable bonds is 5. The van der Waals surface area contributed by atoms with E-state index in [1.54, 1.807) is 0 Å². The minimum Gasteiger partial charge on any atom is -0.495 e. The third-order valence-corrected chi connectivity index (χ3v) is 5.16. The molecule has 2 aromatic rings. The zero-order chi connectivity index (χ0) is 23.0. The standard InChI is InChI=1S/C18H12ClF6NO3S/c1-29-15-9(17(20,21)22)6-10(30-2)11(12(15)18(23,24)25)14(27)7-4-3-5-8(13(7)19)16(26)28/h3-6H,1-2H3,(H2,26,28). The number of benzene rings is 2. The molecule has 0 aliphatic rings. The Balaban J connectivity index is 2.97. The number of primary amides is 1. The van der Waals surface area contributed by atoms with Crippen LogP contribution in [0.25, 0.3) is 0 Å². The van der Waals surface area contributed by atoms with E-state index >= 15 is 0 Å². The first-order valence-corrected chi connectivity index (χ1v) is 9.42. The number of ketones is 1. The molecule has 162 valence electrons. The molecule has 2 rings (SSSR count). The molecule has 2 N–H and O–H groups in total. The lowest BCUT2D eigenvalue weighted by Gasteiger charge is -2.23. The van der Waals surface area contributed by atoms with Crippen LogP contribution < -0.4 is 10.5 Å². The first kappa shape index (κ1) is 23.9. The molecule has 0 atom stereocenters. The predicted molar refractivity (Wildman–Crippen MR) is 98.2 cm³/mol. The summed E-state index contributed by atoms with van der Waals surface area (Å²) in [6.45, 7) is 0. The summed E-state index contributed by atoms with van der Waals surface area (Å²) in [5, 5.41) is -0.519. The van der Waals surface area contributed by atoms with Crippen molar-refractivity contribution in [3.05, 3.63) is 57.1 Å². The van der Waals surface area contributed by atoms with Gasteiger partial charge in [0.15, 0.2) is 5.78 Å². The summed E-state index contributed by atoms with van der Waals surface area (Å²) >= 11 is 6.47. The fourth-order valence-electron chi connectivity index (χ4n) is 2.75. The average molecular weight is 472 g/mol. The van der Waals surface area contributed by atoms with E-state index in [2.05, 4.69) is 4.74 Å². The SMILES string of the molecule is COc1c(C(F)(F)F)cc(SC)c(C(=O)c2cccc(C(N)=O)c2Cl)c1C(F)(F)F. The highest BCUT2D eigenvalue weighted by Gasteiger charge is 2.46. The first-order valence-electron chi connectivity index (χ1n) is 7.82. The summed E-state index contributed by atoms with van der Waals surface area (Å²) in [5.41, 5.74) is -0.396. The van der Waals surface area contributed by atoms with Crippen molar-refractivity contribution in [3.8, 4) is 5.75 Å². The smallest absolute Gasteiger partial charge is 0.420 e. The van der Waals surface area contributed by atoms with Gasteiger partial charge in [0.1, 0.15) is 11.3 Å². The predicted octanol–water partition coefficient (Wildman–Crippen LogP) is 5.44. The minimum absolute atomic E-state index is 0.333. The number of amides is 1. The quantitative estimate of drug-likeness (QED) is 0.358. The maximum Gasteiger partial charge on any atom is 0.420 e. The Morgan fingerprint density at radius 2 is 1.63 bits per heavy atom. The molecular weight excluding hydrogens is 460 g/mol. The van der Waals surface area contributed by atoms with Gasteiger partial charge in [0.25, 0.3) is 0 Å². The van der Waals surface area contributed by atoms with Crippen LogP contribution in [-0.4, -0.2) is 25.1 Å². The van der Waals surface area contributed by atoms with Gasteiger partial charge in [-0.15, -0.1) is 11.8 Å². The van der Waals surface area contributed by atoms with Crippen LogP contribution in [-0.2, 0) is 12.4 Å². The highest BCUT2D eigenvalue weighted by Crippen LogP contribution is 2.49. The highest BCUT2D eigenvalue weighted by atomic mass is 35.5. The average Bonchev–Trinajstić information content (AvgIpc) is 2.64. The van der Waals surface area contributed by atoms with Gasteiger partial charge in [0.05, 0.1) is 28.8 Å². The Morgan fingerprint density at radius 1 is 1.07 bits per heavy atom. The molecule has 0 fully saturated rings. The summed E-state index contributed by atoms with van der Waals surface area (Å²) in [4.78, 5) is 23.9. The Bertz CT molecular complexity index is 1020.